The van der Waals surface area contributed by atoms with E-state index in [1.54, 1.807) is 0 Å². The molecule has 3 heteroatoms. The van der Waals surface area contributed by atoms with Crippen molar-refractivity contribution in [1.82, 2.24) is 0 Å². The minimum atomic E-state index is 0.718. The third kappa shape index (κ3) is 1.60. The summed E-state index contributed by atoms with van der Waals surface area (Å²) in [5.41, 5.74) is 8.57. The summed E-state index contributed by atoms with van der Waals surface area (Å²) >= 11 is 1.89. The first-order valence-corrected chi connectivity index (χ1v) is 5.80. The Labute approximate surface area is 87.5 Å². The molecule has 0 unspecified atom stereocenters. The smallest absolute Gasteiger partial charge is 0.157 e. The Bertz CT molecular complexity index is 436. The van der Waals surface area contributed by atoms with E-state index in [2.05, 4.69) is 13.0 Å². The van der Waals surface area contributed by atoms with Crippen molar-refractivity contribution in [2.45, 2.75) is 12.7 Å². The highest BCUT2D eigenvalue weighted by atomic mass is 32.2. The molecule has 0 aliphatic carbocycles. The van der Waals surface area contributed by atoms with Crippen LogP contribution in [0.5, 0.6) is 0 Å². The van der Waals surface area contributed by atoms with Crippen LogP contribution in [0.15, 0.2) is 28.9 Å². The van der Waals surface area contributed by atoms with Crippen molar-refractivity contribution in [3.05, 3.63) is 30.0 Å². The molecule has 0 saturated carbocycles. The molecule has 0 spiro atoms. The Hall–Kier alpha value is -1.09. The van der Waals surface area contributed by atoms with E-state index in [4.69, 9.17) is 10.2 Å². The molecule has 1 aromatic carbocycles. The van der Waals surface area contributed by atoms with E-state index in [1.165, 1.54) is 5.56 Å². The lowest BCUT2D eigenvalue weighted by Gasteiger charge is -1.96. The molecule has 0 aliphatic rings. The molecule has 0 fully saturated rings. The van der Waals surface area contributed by atoms with Crippen LogP contribution >= 0.6 is 11.8 Å². The summed E-state index contributed by atoms with van der Waals surface area (Å²) < 4.78 is 5.44. The topological polar surface area (TPSA) is 39.2 Å². The molecule has 1 aromatic heterocycles. The van der Waals surface area contributed by atoms with E-state index in [9.17, 15) is 0 Å². The molecular weight excluding hydrogens is 194 g/mol. The van der Waals surface area contributed by atoms with Crippen LogP contribution in [0.25, 0.3) is 11.0 Å². The molecule has 0 bridgehead atoms. The molecule has 0 aliphatic heterocycles. The summed E-state index contributed by atoms with van der Waals surface area (Å²) in [5.74, 6) is 2.11. The lowest BCUT2D eigenvalue weighted by atomic mass is 10.2. The second kappa shape index (κ2) is 3.96. The Morgan fingerprint density at radius 1 is 1.43 bits per heavy atom. The van der Waals surface area contributed by atoms with Crippen molar-refractivity contribution < 1.29 is 4.42 Å². The van der Waals surface area contributed by atoms with Crippen LogP contribution < -0.4 is 5.73 Å². The van der Waals surface area contributed by atoms with E-state index >= 15 is 0 Å². The van der Waals surface area contributed by atoms with Crippen molar-refractivity contribution in [2.75, 3.05) is 11.5 Å². The first-order chi connectivity index (χ1) is 6.83. The van der Waals surface area contributed by atoms with Gasteiger partial charge < -0.3 is 10.2 Å². The molecule has 0 atom stereocenters. The number of para-hydroxylation sites is 1. The molecule has 14 heavy (non-hydrogen) atoms. The number of benzene rings is 1. The average molecular weight is 207 g/mol. The Kier molecular flexibility index (Phi) is 2.68. The van der Waals surface area contributed by atoms with Gasteiger partial charge in [0.15, 0.2) is 5.58 Å². The van der Waals surface area contributed by atoms with Crippen LogP contribution in [0.2, 0.25) is 0 Å². The molecule has 2 rings (SSSR count). The lowest BCUT2D eigenvalue weighted by molar-refractivity contribution is 0.614. The standard InChI is InChI=1S/C11H13NOS/c1-2-14-7-8-6-13-11-9(8)4-3-5-10(11)12/h3-6H,2,7,12H2,1H3. The fourth-order valence-corrected chi connectivity index (χ4v) is 2.10. The Morgan fingerprint density at radius 2 is 2.29 bits per heavy atom. The minimum absolute atomic E-state index is 0.718. The normalized spacial score (nSPS) is 10.9. The molecule has 2 aromatic rings. The third-order valence-electron chi connectivity index (χ3n) is 2.17. The van der Waals surface area contributed by atoms with Crippen LogP contribution in [0.3, 0.4) is 0 Å². The van der Waals surface area contributed by atoms with Crippen LogP contribution in [0.4, 0.5) is 5.69 Å². The summed E-state index contributed by atoms with van der Waals surface area (Å²) in [6.45, 7) is 2.15. The van der Waals surface area contributed by atoms with Gasteiger partial charge in [0.05, 0.1) is 12.0 Å². The molecule has 2 N–H and O–H groups in total. The van der Waals surface area contributed by atoms with Crippen molar-refractivity contribution in [1.29, 1.82) is 0 Å². The summed E-state index contributed by atoms with van der Waals surface area (Å²) in [4.78, 5) is 0. The van der Waals surface area contributed by atoms with Gasteiger partial charge in [-0.25, -0.2) is 0 Å². The van der Waals surface area contributed by atoms with Crippen molar-refractivity contribution in [3.63, 3.8) is 0 Å². The zero-order chi connectivity index (χ0) is 9.97. The SMILES string of the molecule is CCSCc1coc2c(N)cccc12. The number of anilines is 1. The van der Waals surface area contributed by atoms with Gasteiger partial charge in [-0.3, -0.25) is 0 Å². The van der Waals surface area contributed by atoms with Gasteiger partial charge in [-0.05, 0) is 11.8 Å². The van der Waals surface area contributed by atoms with E-state index in [-0.39, 0.29) is 0 Å². The molecule has 0 amide bonds. The number of furan rings is 1. The fourth-order valence-electron chi connectivity index (χ4n) is 1.46. The molecular formula is C11H13NOS. The fraction of sp³-hybridized carbons (Fsp3) is 0.273. The number of hydrogen-bond donors (Lipinski definition) is 1. The predicted octanol–water partition coefficient (Wildman–Crippen LogP) is 3.27. The zero-order valence-electron chi connectivity index (χ0n) is 8.12. The number of fused-ring (bicyclic) bond motifs is 1. The van der Waals surface area contributed by atoms with Crippen LogP contribution in [-0.4, -0.2) is 5.75 Å². The maximum Gasteiger partial charge on any atom is 0.157 e. The summed E-state index contributed by atoms with van der Waals surface area (Å²) in [6.07, 6.45) is 1.81. The highest BCUT2D eigenvalue weighted by molar-refractivity contribution is 7.98. The highest BCUT2D eigenvalue weighted by Gasteiger charge is 2.06. The van der Waals surface area contributed by atoms with Gasteiger partial charge in [-0.2, -0.15) is 11.8 Å². The van der Waals surface area contributed by atoms with E-state index in [1.807, 2.05) is 30.2 Å². The molecule has 74 valence electrons. The third-order valence-corrected chi connectivity index (χ3v) is 3.10. The first-order valence-electron chi connectivity index (χ1n) is 4.65. The van der Waals surface area contributed by atoms with Crippen molar-refractivity contribution in [3.8, 4) is 0 Å². The van der Waals surface area contributed by atoms with Gasteiger partial charge in [0, 0.05) is 16.7 Å². The highest BCUT2D eigenvalue weighted by Crippen LogP contribution is 2.28. The minimum Gasteiger partial charge on any atom is -0.462 e. The molecule has 0 radical (unpaired) electrons. The molecule has 1 heterocycles. The van der Waals surface area contributed by atoms with Gasteiger partial charge in [0.1, 0.15) is 0 Å². The maximum atomic E-state index is 5.80. The monoisotopic (exact) mass is 207 g/mol. The first kappa shape index (κ1) is 9.46. The van der Waals surface area contributed by atoms with Crippen LogP contribution in [-0.2, 0) is 5.75 Å². The van der Waals surface area contributed by atoms with Crippen LogP contribution in [0.1, 0.15) is 12.5 Å². The number of hydrogen-bond acceptors (Lipinski definition) is 3. The van der Waals surface area contributed by atoms with Crippen LogP contribution in [0, 0.1) is 0 Å². The van der Waals surface area contributed by atoms with Gasteiger partial charge in [0.25, 0.3) is 0 Å². The number of thioether (sulfide) groups is 1. The number of rotatable bonds is 3. The average Bonchev–Trinajstić information content (AvgIpc) is 2.60. The quantitative estimate of drug-likeness (QED) is 0.785. The maximum absolute atomic E-state index is 5.80. The number of nitrogens with two attached hydrogens (primary N) is 1. The second-order valence-electron chi connectivity index (χ2n) is 3.12. The Balaban J connectivity index is 2.42. The zero-order valence-corrected chi connectivity index (χ0v) is 8.93. The second-order valence-corrected chi connectivity index (χ2v) is 4.40. The van der Waals surface area contributed by atoms with E-state index < -0.39 is 0 Å². The van der Waals surface area contributed by atoms with Gasteiger partial charge >= 0.3 is 0 Å². The summed E-state index contributed by atoms with van der Waals surface area (Å²) in [5, 5.41) is 1.14. The van der Waals surface area contributed by atoms with E-state index in [0.717, 1.165) is 28.2 Å². The summed E-state index contributed by atoms with van der Waals surface area (Å²) in [6, 6.07) is 5.89. The Morgan fingerprint density at radius 3 is 3.07 bits per heavy atom. The van der Waals surface area contributed by atoms with Crippen molar-refractivity contribution >= 4 is 28.4 Å². The number of nitrogen functional groups attached to an aromatic ring is 1. The van der Waals surface area contributed by atoms with Gasteiger partial charge in [0.2, 0.25) is 0 Å². The van der Waals surface area contributed by atoms with Gasteiger partial charge in [-0.1, -0.05) is 19.1 Å². The van der Waals surface area contributed by atoms with Gasteiger partial charge in [-0.15, -0.1) is 0 Å². The molecule has 2 nitrogen and oxygen atoms in total. The predicted molar refractivity (Wildman–Crippen MR) is 62.5 cm³/mol. The molecule has 0 saturated heterocycles. The van der Waals surface area contributed by atoms with E-state index in [0.29, 0.717) is 0 Å². The lowest BCUT2D eigenvalue weighted by Crippen LogP contribution is -1.84. The largest absolute Gasteiger partial charge is 0.462 e. The van der Waals surface area contributed by atoms with Crippen molar-refractivity contribution in [2.24, 2.45) is 0 Å². The summed E-state index contributed by atoms with van der Waals surface area (Å²) in [7, 11) is 0.